The summed E-state index contributed by atoms with van der Waals surface area (Å²) < 4.78 is 5.44. The molecule has 1 aliphatic carbocycles. The van der Waals surface area contributed by atoms with Crippen molar-refractivity contribution in [2.24, 2.45) is 0 Å². The minimum Gasteiger partial charge on any atom is -0.495 e. The average molecular weight is 342 g/mol. The molecule has 1 aliphatic heterocycles. The third-order valence-electron chi connectivity index (χ3n) is 5.22. The molecule has 0 unspecified atom stereocenters. The number of carbonyl (C=O) groups is 1. The van der Waals surface area contributed by atoms with Crippen LogP contribution in [0.1, 0.15) is 25.7 Å². The fraction of sp³-hybridized carbons (Fsp3) is 0.579. The normalized spacial score (nSPS) is 20.1. The van der Waals surface area contributed by atoms with Crippen LogP contribution in [-0.2, 0) is 4.79 Å². The van der Waals surface area contributed by atoms with Crippen LogP contribution in [-0.4, -0.2) is 56.2 Å². The maximum Gasteiger partial charge on any atom is 0.235 e. The van der Waals surface area contributed by atoms with E-state index in [1.807, 2.05) is 18.2 Å². The molecule has 3 rings (SSSR count). The van der Waals surface area contributed by atoms with E-state index in [1.54, 1.807) is 7.11 Å². The molecule has 1 N–H and O–H groups in total. The molecule has 2 aliphatic rings. The van der Waals surface area contributed by atoms with Gasteiger partial charge in [-0.25, -0.2) is 0 Å². The average Bonchev–Trinajstić information content (AvgIpc) is 3.11. The molecular formula is C19H26N4O2. The summed E-state index contributed by atoms with van der Waals surface area (Å²) in [6, 6.07) is 10.3. The number of hydrogen-bond donors (Lipinski definition) is 1. The van der Waals surface area contributed by atoms with E-state index >= 15 is 0 Å². The monoisotopic (exact) mass is 342 g/mol. The van der Waals surface area contributed by atoms with E-state index in [1.165, 1.54) is 0 Å². The number of para-hydroxylation sites is 2. The van der Waals surface area contributed by atoms with Crippen molar-refractivity contribution in [1.29, 1.82) is 5.26 Å². The van der Waals surface area contributed by atoms with E-state index < -0.39 is 5.54 Å². The van der Waals surface area contributed by atoms with Crippen LogP contribution in [0.5, 0.6) is 5.75 Å². The number of methoxy groups -OCH3 is 1. The van der Waals surface area contributed by atoms with Gasteiger partial charge in [0.05, 0.1) is 25.4 Å². The van der Waals surface area contributed by atoms with Crippen LogP contribution in [0.15, 0.2) is 24.3 Å². The van der Waals surface area contributed by atoms with Gasteiger partial charge >= 0.3 is 0 Å². The van der Waals surface area contributed by atoms with Gasteiger partial charge in [0.1, 0.15) is 11.3 Å². The minimum absolute atomic E-state index is 0.0332. The Morgan fingerprint density at radius 2 is 1.92 bits per heavy atom. The third-order valence-corrected chi connectivity index (χ3v) is 5.22. The molecule has 134 valence electrons. The first kappa shape index (κ1) is 17.6. The first-order valence-corrected chi connectivity index (χ1v) is 8.98. The molecule has 2 fully saturated rings. The van der Waals surface area contributed by atoms with Gasteiger partial charge in [-0.2, -0.15) is 5.26 Å². The first-order chi connectivity index (χ1) is 12.2. The quantitative estimate of drug-likeness (QED) is 0.883. The van der Waals surface area contributed by atoms with Crippen LogP contribution in [0.4, 0.5) is 5.69 Å². The number of nitriles is 1. The maximum atomic E-state index is 12.3. The highest BCUT2D eigenvalue weighted by molar-refractivity contribution is 5.79. The van der Waals surface area contributed by atoms with Crippen molar-refractivity contribution in [2.75, 3.05) is 44.7 Å². The number of nitrogens with one attached hydrogen (secondary N) is 1. The molecule has 0 spiro atoms. The van der Waals surface area contributed by atoms with E-state index in [-0.39, 0.29) is 5.91 Å². The summed E-state index contributed by atoms with van der Waals surface area (Å²) >= 11 is 0. The van der Waals surface area contributed by atoms with Gasteiger partial charge in [-0.15, -0.1) is 0 Å². The molecule has 0 bridgehead atoms. The standard InChI is InChI=1S/C19H26N4O2/c1-25-17-7-3-2-6-16(17)23-12-10-22(11-13-23)14-18(24)21-19(15-20)8-4-5-9-19/h2-3,6-7H,4-5,8-14H2,1H3,(H,21,24). The fourth-order valence-corrected chi connectivity index (χ4v) is 3.79. The lowest BCUT2D eigenvalue weighted by Crippen LogP contribution is -2.53. The van der Waals surface area contributed by atoms with Crippen molar-refractivity contribution in [2.45, 2.75) is 31.2 Å². The minimum atomic E-state index is -0.629. The smallest absolute Gasteiger partial charge is 0.235 e. The first-order valence-electron chi connectivity index (χ1n) is 8.98. The van der Waals surface area contributed by atoms with Crippen molar-refractivity contribution in [3.05, 3.63) is 24.3 Å². The predicted molar refractivity (Wildman–Crippen MR) is 96.6 cm³/mol. The topological polar surface area (TPSA) is 68.6 Å². The molecule has 0 atom stereocenters. The van der Waals surface area contributed by atoms with Crippen molar-refractivity contribution < 1.29 is 9.53 Å². The second-order valence-corrected chi connectivity index (χ2v) is 6.88. The highest BCUT2D eigenvalue weighted by Crippen LogP contribution is 2.29. The summed E-state index contributed by atoms with van der Waals surface area (Å²) in [5.74, 6) is 0.847. The van der Waals surface area contributed by atoms with Crippen LogP contribution >= 0.6 is 0 Å². The summed E-state index contributed by atoms with van der Waals surface area (Å²) in [5, 5.41) is 12.4. The third kappa shape index (κ3) is 4.05. The van der Waals surface area contributed by atoms with Gasteiger partial charge in [0, 0.05) is 26.2 Å². The zero-order valence-corrected chi connectivity index (χ0v) is 14.8. The molecule has 0 aromatic heterocycles. The van der Waals surface area contributed by atoms with Crippen LogP contribution in [0.3, 0.4) is 0 Å². The Bertz CT molecular complexity index is 641. The molecule has 1 aromatic carbocycles. The number of hydrogen-bond acceptors (Lipinski definition) is 5. The summed E-state index contributed by atoms with van der Waals surface area (Å²) in [4.78, 5) is 16.8. The van der Waals surface area contributed by atoms with Crippen LogP contribution < -0.4 is 15.0 Å². The zero-order valence-electron chi connectivity index (χ0n) is 14.8. The molecular weight excluding hydrogens is 316 g/mol. The Balaban J connectivity index is 1.51. The van der Waals surface area contributed by atoms with Gasteiger partial charge in [0.15, 0.2) is 0 Å². The number of rotatable bonds is 5. The molecule has 6 nitrogen and oxygen atoms in total. The number of anilines is 1. The van der Waals surface area contributed by atoms with E-state index in [0.29, 0.717) is 6.54 Å². The number of benzene rings is 1. The highest BCUT2D eigenvalue weighted by atomic mass is 16.5. The van der Waals surface area contributed by atoms with Crippen molar-refractivity contribution in [3.8, 4) is 11.8 Å². The molecule has 0 radical (unpaired) electrons. The van der Waals surface area contributed by atoms with Crippen LogP contribution in [0.25, 0.3) is 0 Å². The van der Waals surface area contributed by atoms with E-state index in [9.17, 15) is 10.1 Å². The van der Waals surface area contributed by atoms with E-state index in [4.69, 9.17) is 4.74 Å². The predicted octanol–water partition coefficient (Wildman–Crippen LogP) is 1.77. The van der Waals surface area contributed by atoms with Gasteiger partial charge in [-0.05, 0) is 37.8 Å². The largest absolute Gasteiger partial charge is 0.495 e. The molecule has 1 amide bonds. The number of piperazine rings is 1. The van der Waals surface area contributed by atoms with Gasteiger partial charge in [0.25, 0.3) is 0 Å². The van der Waals surface area contributed by atoms with Crippen molar-refractivity contribution in [1.82, 2.24) is 10.2 Å². The number of ether oxygens (including phenoxy) is 1. The Morgan fingerprint density at radius 1 is 1.24 bits per heavy atom. The lowest BCUT2D eigenvalue weighted by atomic mass is 10.00. The number of carbonyl (C=O) groups excluding carboxylic acids is 1. The molecule has 25 heavy (non-hydrogen) atoms. The molecule has 1 saturated heterocycles. The van der Waals surface area contributed by atoms with Crippen LogP contribution in [0, 0.1) is 11.3 Å². The van der Waals surface area contributed by atoms with Crippen LogP contribution in [0.2, 0.25) is 0 Å². The van der Waals surface area contributed by atoms with Crippen molar-refractivity contribution >= 4 is 11.6 Å². The summed E-state index contributed by atoms with van der Waals surface area (Å²) in [6.45, 7) is 3.73. The Morgan fingerprint density at radius 3 is 2.56 bits per heavy atom. The van der Waals surface area contributed by atoms with Gasteiger partial charge in [-0.1, -0.05) is 12.1 Å². The zero-order chi connectivity index (χ0) is 17.7. The summed E-state index contributed by atoms with van der Waals surface area (Å²) in [5.41, 5.74) is 0.472. The lowest BCUT2D eigenvalue weighted by molar-refractivity contribution is -0.123. The molecule has 1 saturated carbocycles. The fourth-order valence-electron chi connectivity index (χ4n) is 3.79. The molecule has 1 aromatic rings. The van der Waals surface area contributed by atoms with Gasteiger partial charge in [0.2, 0.25) is 5.91 Å². The molecule has 6 heteroatoms. The van der Waals surface area contributed by atoms with E-state index in [2.05, 4.69) is 27.3 Å². The number of nitrogens with zero attached hydrogens (tertiary/aromatic N) is 3. The maximum absolute atomic E-state index is 12.3. The summed E-state index contributed by atoms with van der Waals surface area (Å²) in [7, 11) is 1.69. The van der Waals surface area contributed by atoms with E-state index in [0.717, 1.165) is 63.3 Å². The Hall–Kier alpha value is -2.26. The van der Waals surface area contributed by atoms with Gasteiger partial charge in [-0.3, -0.25) is 9.69 Å². The summed E-state index contributed by atoms with van der Waals surface area (Å²) in [6.07, 6.45) is 3.59. The Kier molecular flexibility index (Phi) is 5.44. The second kappa shape index (κ2) is 7.75. The molecule has 1 heterocycles. The second-order valence-electron chi connectivity index (χ2n) is 6.88. The van der Waals surface area contributed by atoms with Gasteiger partial charge < -0.3 is 15.0 Å². The SMILES string of the molecule is COc1ccccc1N1CCN(CC(=O)NC2(C#N)CCCC2)CC1. The highest BCUT2D eigenvalue weighted by Gasteiger charge is 2.35. The Labute approximate surface area is 149 Å². The lowest BCUT2D eigenvalue weighted by Gasteiger charge is -2.36. The number of amides is 1. The van der Waals surface area contributed by atoms with Crippen molar-refractivity contribution in [3.63, 3.8) is 0 Å².